The molecular formula is C68H43N3O. The molecule has 0 fully saturated rings. The van der Waals surface area contributed by atoms with Crippen LogP contribution in [0.2, 0.25) is 0 Å². The van der Waals surface area contributed by atoms with Crippen molar-refractivity contribution in [2.45, 2.75) is 5.41 Å². The van der Waals surface area contributed by atoms with Crippen molar-refractivity contribution in [1.29, 1.82) is 0 Å². The first-order valence-electron chi connectivity index (χ1n) is 24.5. The predicted octanol–water partition coefficient (Wildman–Crippen LogP) is 17.3. The third kappa shape index (κ3) is 6.64. The Morgan fingerprint density at radius 2 is 0.750 bits per heavy atom. The van der Waals surface area contributed by atoms with Crippen LogP contribution in [0, 0.1) is 0 Å². The first-order valence-corrected chi connectivity index (χ1v) is 24.5. The fraction of sp³-hybridized carbons (Fsp3) is 0.0147. The molecule has 0 N–H and O–H groups in total. The van der Waals surface area contributed by atoms with E-state index in [-0.39, 0.29) is 0 Å². The number of nitrogens with zero attached hydrogens (tertiary/aromatic N) is 3. The van der Waals surface area contributed by atoms with Gasteiger partial charge < -0.3 is 4.42 Å². The Morgan fingerprint density at radius 3 is 1.49 bits per heavy atom. The zero-order valence-electron chi connectivity index (χ0n) is 39.1. The van der Waals surface area contributed by atoms with Crippen molar-refractivity contribution in [1.82, 2.24) is 15.0 Å². The first-order chi connectivity index (χ1) is 35.7. The highest BCUT2D eigenvalue weighted by Crippen LogP contribution is 2.56. The van der Waals surface area contributed by atoms with E-state index < -0.39 is 5.41 Å². The highest BCUT2D eigenvalue weighted by Gasteiger charge is 2.46. The molecule has 72 heavy (non-hydrogen) atoms. The lowest BCUT2D eigenvalue weighted by Crippen LogP contribution is -2.28. The molecule has 2 aromatic heterocycles. The molecule has 14 rings (SSSR count). The zero-order chi connectivity index (χ0) is 47.6. The monoisotopic (exact) mass is 917 g/mol. The van der Waals surface area contributed by atoms with Crippen molar-refractivity contribution in [2.75, 3.05) is 0 Å². The standard InChI is InChI=1S/C68H43N3O/c1-4-19-44(20-5-1)46-23-16-24-47(41-46)48-37-40-63-60(43-48)58-34-18-33-57(64(58)72-63)54-38-39-59(53-30-11-10-29-52(53)54)67-70-65(45-21-6-2-7-22-45)69-66(71-67)49-25-17-28-51(42-49)68(50-26-8-3-9-27-50)61-35-14-12-31-55(61)56-32-13-15-36-62(56)68/h1-43H. The van der Waals surface area contributed by atoms with Crippen LogP contribution in [0.1, 0.15) is 22.3 Å². The van der Waals surface area contributed by atoms with Gasteiger partial charge in [0.25, 0.3) is 0 Å². The number of aromatic nitrogens is 3. The maximum absolute atomic E-state index is 6.80. The molecule has 1 aliphatic rings. The minimum absolute atomic E-state index is 0.561. The third-order valence-electron chi connectivity index (χ3n) is 14.6. The molecule has 4 heteroatoms. The van der Waals surface area contributed by atoms with Crippen LogP contribution in [0.25, 0.3) is 111 Å². The molecule has 1 aliphatic carbocycles. The van der Waals surface area contributed by atoms with Gasteiger partial charge in [-0.3, -0.25) is 0 Å². The summed E-state index contributed by atoms with van der Waals surface area (Å²) in [5, 5.41) is 4.28. The van der Waals surface area contributed by atoms with E-state index in [9.17, 15) is 0 Å². The molecule has 0 atom stereocenters. The largest absolute Gasteiger partial charge is 0.455 e. The Bertz CT molecular complexity index is 4170. The van der Waals surface area contributed by atoms with Crippen molar-refractivity contribution in [3.63, 3.8) is 0 Å². The van der Waals surface area contributed by atoms with Gasteiger partial charge in [0, 0.05) is 33.0 Å². The van der Waals surface area contributed by atoms with Gasteiger partial charge in [-0.05, 0) is 102 Å². The van der Waals surface area contributed by atoms with Crippen LogP contribution >= 0.6 is 0 Å². The summed E-state index contributed by atoms with van der Waals surface area (Å²) < 4.78 is 6.80. The summed E-state index contributed by atoms with van der Waals surface area (Å²) >= 11 is 0. The minimum atomic E-state index is -0.561. The topological polar surface area (TPSA) is 51.8 Å². The summed E-state index contributed by atoms with van der Waals surface area (Å²) in [6.07, 6.45) is 0. The molecule has 13 aromatic rings. The summed E-state index contributed by atoms with van der Waals surface area (Å²) in [6.45, 7) is 0. The molecule has 2 heterocycles. The first kappa shape index (κ1) is 41.5. The number of furan rings is 1. The summed E-state index contributed by atoms with van der Waals surface area (Å²) in [7, 11) is 0. The van der Waals surface area contributed by atoms with E-state index in [0.717, 1.165) is 77.2 Å². The Kier molecular flexibility index (Phi) is 9.71. The van der Waals surface area contributed by atoms with Crippen molar-refractivity contribution in [3.8, 4) is 78.7 Å². The van der Waals surface area contributed by atoms with E-state index in [0.29, 0.717) is 17.5 Å². The Labute approximate surface area is 417 Å². The van der Waals surface area contributed by atoms with E-state index in [1.54, 1.807) is 0 Å². The van der Waals surface area contributed by atoms with Gasteiger partial charge in [-0.15, -0.1) is 0 Å². The van der Waals surface area contributed by atoms with E-state index in [2.05, 4.69) is 243 Å². The van der Waals surface area contributed by atoms with Crippen molar-refractivity contribution in [3.05, 3.63) is 283 Å². The second-order valence-electron chi connectivity index (χ2n) is 18.6. The van der Waals surface area contributed by atoms with Crippen LogP contribution in [0.4, 0.5) is 0 Å². The highest BCUT2D eigenvalue weighted by atomic mass is 16.3. The molecule has 336 valence electrons. The van der Waals surface area contributed by atoms with E-state index >= 15 is 0 Å². The molecule has 0 aliphatic heterocycles. The number of hydrogen-bond acceptors (Lipinski definition) is 4. The van der Waals surface area contributed by atoms with Gasteiger partial charge in [-0.2, -0.15) is 0 Å². The fourth-order valence-electron chi connectivity index (χ4n) is 11.4. The number of para-hydroxylation sites is 1. The summed E-state index contributed by atoms with van der Waals surface area (Å²) in [5.74, 6) is 1.82. The van der Waals surface area contributed by atoms with Gasteiger partial charge in [-0.1, -0.05) is 231 Å². The van der Waals surface area contributed by atoms with Crippen molar-refractivity contribution in [2.24, 2.45) is 0 Å². The average Bonchev–Trinajstić information content (AvgIpc) is 3.99. The Balaban J connectivity index is 0.907. The van der Waals surface area contributed by atoms with E-state index in [1.165, 1.54) is 38.9 Å². The SMILES string of the molecule is c1ccc(-c2cccc(-c3ccc4oc5c(-c6ccc(-c7nc(-c8ccccc8)nc(-c8cccc(C9(c%10ccccc%10)c%10ccccc%10-c%10ccccc%109)c8)n7)c7ccccc67)cccc5c4c3)c2)cc1. The molecule has 0 bridgehead atoms. The number of rotatable bonds is 8. The predicted molar refractivity (Wildman–Crippen MR) is 295 cm³/mol. The van der Waals surface area contributed by atoms with E-state index in [1.807, 2.05) is 18.2 Å². The van der Waals surface area contributed by atoms with Gasteiger partial charge in [0.15, 0.2) is 17.5 Å². The van der Waals surface area contributed by atoms with Crippen molar-refractivity contribution < 1.29 is 4.42 Å². The van der Waals surface area contributed by atoms with Crippen molar-refractivity contribution >= 4 is 32.7 Å². The third-order valence-corrected chi connectivity index (χ3v) is 14.6. The number of benzene rings is 11. The van der Waals surface area contributed by atoms with Crippen LogP contribution in [-0.2, 0) is 5.41 Å². The van der Waals surface area contributed by atoms with Gasteiger partial charge >= 0.3 is 0 Å². The average molecular weight is 918 g/mol. The zero-order valence-corrected chi connectivity index (χ0v) is 39.1. The molecular weight excluding hydrogens is 875 g/mol. The maximum Gasteiger partial charge on any atom is 0.164 e. The van der Waals surface area contributed by atoms with Gasteiger partial charge in [-0.25, -0.2) is 15.0 Å². The van der Waals surface area contributed by atoms with Gasteiger partial charge in [0.2, 0.25) is 0 Å². The molecule has 0 saturated heterocycles. The summed E-state index contributed by atoms with van der Waals surface area (Å²) in [6, 6.07) is 92.9. The molecule has 4 nitrogen and oxygen atoms in total. The second kappa shape index (κ2) is 16.9. The lowest BCUT2D eigenvalue weighted by Gasteiger charge is -2.34. The van der Waals surface area contributed by atoms with Gasteiger partial charge in [0.05, 0.1) is 5.41 Å². The second-order valence-corrected chi connectivity index (χ2v) is 18.6. The molecule has 0 saturated carbocycles. The number of fused-ring (bicyclic) bond motifs is 7. The van der Waals surface area contributed by atoms with Crippen LogP contribution in [-0.4, -0.2) is 15.0 Å². The lowest BCUT2D eigenvalue weighted by molar-refractivity contribution is 0.670. The molecule has 0 radical (unpaired) electrons. The molecule has 0 spiro atoms. The maximum atomic E-state index is 6.80. The van der Waals surface area contributed by atoms with Crippen LogP contribution < -0.4 is 0 Å². The Hall–Kier alpha value is -9.51. The summed E-state index contributed by atoms with van der Waals surface area (Å²) in [4.78, 5) is 15.9. The Morgan fingerprint density at radius 1 is 0.264 bits per heavy atom. The minimum Gasteiger partial charge on any atom is -0.455 e. The number of hydrogen-bond donors (Lipinski definition) is 0. The van der Waals surface area contributed by atoms with E-state index in [4.69, 9.17) is 19.4 Å². The van der Waals surface area contributed by atoms with Gasteiger partial charge in [0.1, 0.15) is 11.2 Å². The molecule has 0 unspecified atom stereocenters. The summed E-state index contributed by atoms with van der Waals surface area (Å²) in [5.41, 5.74) is 18.1. The van der Waals surface area contributed by atoms with Crippen LogP contribution in [0.15, 0.2) is 265 Å². The lowest BCUT2D eigenvalue weighted by atomic mass is 9.67. The van der Waals surface area contributed by atoms with Crippen LogP contribution in [0.3, 0.4) is 0 Å². The molecule has 11 aromatic carbocycles. The molecule has 0 amide bonds. The highest BCUT2D eigenvalue weighted by molar-refractivity contribution is 6.14. The fourth-order valence-corrected chi connectivity index (χ4v) is 11.4. The quantitative estimate of drug-likeness (QED) is 0.152. The van der Waals surface area contributed by atoms with Crippen LogP contribution in [0.5, 0.6) is 0 Å². The smallest absolute Gasteiger partial charge is 0.164 e. The normalized spacial score (nSPS) is 12.6.